The number of nitrogens with two attached hydrogens (primary N) is 1. The number of sulfone groups is 1. The van der Waals surface area contributed by atoms with Crippen LogP contribution in [0.15, 0.2) is 59.5 Å². The number of piperidine rings is 1. The molecule has 3 rings (SSSR count). The molecule has 6 nitrogen and oxygen atoms in total. The first-order valence-electron chi connectivity index (χ1n) is 9.25. The van der Waals surface area contributed by atoms with E-state index in [-0.39, 0.29) is 34.4 Å². The molecule has 0 radical (unpaired) electrons. The number of amides is 2. The second-order valence-electron chi connectivity index (χ2n) is 7.25. The molecule has 148 valence electrons. The molecule has 1 aliphatic rings. The molecule has 2 aromatic rings. The van der Waals surface area contributed by atoms with Crippen LogP contribution in [-0.2, 0) is 20.4 Å². The van der Waals surface area contributed by atoms with Gasteiger partial charge in [0.15, 0.2) is 9.84 Å². The van der Waals surface area contributed by atoms with E-state index >= 15 is 0 Å². The standard InChI is InChI=1S/C21H24N2O4S/c1-15-7-10-18(20(22)24)13-23(15)21(25)17-11-8-16(9-12-17)14-28(26,27)19-5-3-2-4-6-19/h2-6,8-9,11-12,15,18H,7,10,13-14H2,1H3,(H2,22,24)/t15-,18+/m0/s1. The third-order valence-electron chi connectivity index (χ3n) is 5.21. The third-order valence-corrected chi connectivity index (χ3v) is 6.91. The maximum absolute atomic E-state index is 12.9. The van der Waals surface area contributed by atoms with Gasteiger partial charge in [-0.1, -0.05) is 30.3 Å². The zero-order valence-corrected chi connectivity index (χ0v) is 16.6. The fourth-order valence-corrected chi connectivity index (χ4v) is 4.83. The number of benzene rings is 2. The Hall–Kier alpha value is -2.67. The van der Waals surface area contributed by atoms with Crippen molar-refractivity contribution in [3.8, 4) is 0 Å². The van der Waals surface area contributed by atoms with E-state index in [1.807, 2.05) is 6.92 Å². The van der Waals surface area contributed by atoms with E-state index in [1.54, 1.807) is 59.5 Å². The molecule has 0 bridgehead atoms. The van der Waals surface area contributed by atoms with Crippen molar-refractivity contribution in [3.05, 3.63) is 65.7 Å². The maximum Gasteiger partial charge on any atom is 0.254 e. The van der Waals surface area contributed by atoms with Crippen molar-refractivity contribution in [2.75, 3.05) is 6.54 Å². The Balaban J connectivity index is 1.73. The molecule has 0 spiro atoms. The van der Waals surface area contributed by atoms with Crippen LogP contribution in [0.1, 0.15) is 35.7 Å². The number of likely N-dealkylation sites (tertiary alicyclic amines) is 1. The SMILES string of the molecule is C[C@H]1CC[C@@H](C(N)=O)CN1C(=O)c1ccc(CS(=O)(=O)c2ccccc2)cc1. The van der Waals surface area contributed by atoms with E-state index in [0.717, 1.165) is 6.42 Å². The molecule has 0 aromatic heterocycles. The lowest BCUT2D eigenvalue weighted by Crippen LogP contribution is -2.48. The molecule has 0 aliphatic carbocycles. The summed E-state index contributed by atoms with van der Waals surface area (Å²) in [6.45, 7) is 2.27. The highest BCUT2D eigenvalue weighted by molar-refractivity contribution is 7.90. The Morgan fingerprint density at radius 1 is 1.04 bits per heavy atom. The summed E-state index contributed by atoms with van der Waals surface area (Å²) in [5.74, 6) is -1.01. The van der Waals surface area contributed by atoms with Gasteiger partial charge in [-0.05, 0) is 49.6 Å². The van der Waals surface area contributed by atoms with E-state index in [0.29, 0.717) is 24.1 Å². The van der Waals surface area contributed by atoms with Crippen molar-refractivity contribution in [1.82, 2.24) is 4.90 Å². The molecule has 1 saturated heterocycles. The summed E-state index contributed by atoms with van der Waals surface area (Å²) in [6, 6.07) is 14.9. The normalized spacial score (nSPS) is 20.0. The molecule has 28 heavy (non-hydrogen) atoms. The van der Waals surface area contributed by atoms with E-state index in [9.17, 15) is 18.0 Å². The van der Waals surface area contributed by atoms with E-state index in [1.165, 1.54) is 0 Å². The van der Waals surface area contributed by atoms with E-state index < -0.39 is 9.84 Å². The Morgan fingerprint density at radius 2 is 1.68 bits per heavy atom. The van der Waals surface area contributed by atoms with E-state index in [4.69, 9.17) is 5.73 Å². The predicted octanol–water partition coefficient (Wildman–Crippen LogP) is 2.39. The van der Waals surface area contributed by atoms with Gasteiger partial charge in [0.25, 0.3) is 5.91 Å². The molecular weight excluding hydrogens is 376 g/mol. The highest BCUT2D eigenvalue weighted by Gasteiger charge is 2.32. The number of nitrogens with zero attached hydrogens (tertiary/aromatic N) is 1. The van der Waals surface area contributed by atoms with Crippen molar-refractivity contribution in [2.24, 2.45) is 11.7 Å². The first kappa shape index (κ1) is 20.1. The molecular formula is C21H24N2O4S. The summed E-state index contributed by atoms with van der Waals surface area (Å²) in [6.07, 6.45) is 1.42. The van der Waals surface area contributed by atoms with Crippen molar-refractivity contribution in [3.63, 3.8) is 0 Å². The second kappa shape index (κ2) is 8.14. The van der Waals surface area contributed by atoms with Crippen molar-refractivity contribution in [2.45, 2.75) is 36.5 Å². The molecule has 2 atom stereocenters. The minimum Gasteiger partial charge on any atom is -0.369 e. The minimum atomic E-state index is -3.44. The predicted molar refractivity (Wildman–Crippen MR) is 106 cm³/mol. The summed E-state index contributed by atoms with van der Waals surface area (Å²) >= 11 is 0. The van der Waals surface area contributed by atoms with Gasteiger partial charge in [0.05, 0.1) is 16.6 Å². The average Bonchev–Trinajstić information content (AvgIpc) is 2.68. The Morgan fingerprint density at radius 3 is 2.29 bits per heavy atom. The first-order chi connectivity index (χ1) is 13.3. The summed E-state index contributed by atoms with van der Waals surface area (Å²) < 4.78 is 25.0. The van der Waals surface area contributed by atoms with Gasteiger partial charge < -0.3 is 10.6 Å². The summed E-state index contributed by atoms with van der Waals surface area (Å²) in [5.41, 5.74) is 6.49. The van der Waals surface area contributed by atoms with Gasteiger partial charge in [-0.2, -0.15) is 0 Å². The van der Waals surface area contributed by atoms with Crippen LogP contribution in [0, 0.1) is 5.92 Å². The zero-order chi connectivity index (χ0) is 20.3. The van der Waals surface area contributed by atoms with Gasteiger partial charge in [0.2, 0.25) is 5.91 Å². The Bertz CT molecular complexity index is 956. The molecule has 2 aromatic carbocycles. The van der Waals surface area contributed by atoms with Crippen LogP contribution < -0.4 is 5.73 Å². The highest BCUT2D eigenvalue weighted by Crippen LogP contribution is 2.24. The van der Waals surface area contributed by atoms with Gasteiger partial charge in [-0.3, -0.25) is 9.59 Å². The number of carbonyl (C=O) groups excluding carboxylic acids is 2. The van der Waals surface area contributed by atoms with Crippen LogP contribution in [0.5, 0.6) is 0 Å². The number of carbonyl (C=O) groups is 2. The summed E-state index contributed by atoms with van der Waals surface area (Å²) in [4.78, 5) is 26.3. The van der Waals surface area contributed by atoms with Gasteiger partial charge in [-0.25, -0.2) is 8.42 Å². The van der Waals surface area contributed by atoms with Crippen molar-refractivity contribution < 1.29 is 18.0 Å². The molecule has 7 heteroatoms. The molecule has 0 saturated carbocycles. The maximum atomic E-state index is 12.9. The monoisotopic (exact) mass is 400 g/mol. The lowest BCUT2D eigenvalue weighted by molar-refractivity contribution is -0.123. The van der Waals surface area contributed by atoms with Gasteiger partial charge in [-0.15, -0.1) is 0 Å². The fourth-order valence-electron chi connectivity index (χ4n) is 3.46. The number of hydrogen-bond acceptors (Lipinski definition) is 4. The molecule has 2 N–H and O–H groups in total. The smallest absolute Gasteiger partial charge is 0.254 e. The zero-order valence-electron chi connectivity index (χ0n) is 15.7. The summed E-state index contributed by atoms with van der Waals surface area (Å²) in [5, 5.41) is 0. The topological polar surface area (TPSA) is 97.5 Å². The first-order valence-corrected chi connectivity index (χ1v) is 10.9. The van der Waals surface area contributed by atoms with Crippen LogP contribution in [0.4, 0.5) is 0 Å². The van der Waals surface area contributed by atoms with Gasteiger partial charge in [0.1, 0.15) is 0 Å². The van der Waals surface area contributed by atoms with Crippen LogP contribution in [0.3, 0.4) is 0 Å². The highest BCUT2D eigenvalue weighted by atomic mass is 32.2. The fraction of sp³-hybridized carbons (Fsp3) is 0.333. The second-order valence-corrected chi connectivity index (χ2v) is 9.24. The van der Waals surface area contributed by atoms with Gasteiger partial charge in [0, 0.05) is 18.2 Å². The largest absolute Gasteiger partial charge is 0.369 e. The Labute approximate surface area is 165 Å². The quantitative estimate of drug-likeness (QED) is 0.833. The van der Waals surface area contributed by atoms with Crippen LogP contribution in [0.2, 0.25) is 0 Å². The molecule has 0 unspecified atom stereocenters. The lowest BCUT2D eigenvalue weighted by Gasteiger charge is -2.37. The van der Waals surface area contributed by atoms with E-state index in [2.05, 4.69) is 0 Å². The number of rotatable bonds is 5. The van der Waals surface area contributed by atoms with Crippen LogP contribution >= 0.6 is 0 Å². The number of hydrogen-bond donors (Lipinski definition) is 1. The molecule has 1 fully saturated rings. The molecule has 2 amide bonds. The molecule has 1 aliphatic heterocycles. The summed E-state index contributed by atoms with van der Waals surface area (Å²) in [7, 11) is -3.44. The average molecular weight is 401 g/mol. The molecule has 1 heterocycles. The minimum absolute atomic E-state index is 0.0289. The lowest BCUT2D eigenvalue weighted by atomic mass is 9.92. The number of primary amides is 1. The van der Waals surface area contributed by atoms with Crippen LogP contribution in [0.25, 0.3) is 0 Å². The van der Waals surface area contributed by atoms with Crippen molar-refractivity contribution in [1.29, 1.82) is 0 Å². The van der Waals surface area contributed by atoms with Crippen molar-refractivity contribution >= 4 is 21.7 Å². The Kier molecular flexibility index (Phi) is 5.84. The third kappa shape index (κ3) is 4.42. The van der Waals surface area contributed by atoms with Crippen LogP contribution in [-0.4, -0.2) is 37.7 Å². The van der Waals surface area contributed by atoms with Gasteiger partial charge >= 0.3 is 0 Å².